The van der Waals surface area contributed by atoms with E-state index in [9.17, 15) is 4.79 Å². The lowest BCUT2D eigenvalue weighted by Crippen LogP contribution is -2.39. The van der Waals surface area contributed by atoms with Gasteiger partial charge >= 0.3 is 0 Å². The number of nitrogens with one attached hydrogen (secondary N) is 1. The topological polar surface area (TPSA) is 74.8 Å². The van der Waals surface area contributed by atoms with Gasteiger partial charge in [0.05, 0.1) is 5.69 Å². The molecule has 19 heavy (non-hydrogen) atoms. The molecule has 0 aliphatic carbocycles. The van der Waals surface area contributed by atoms with Gasteiger partial charge in [0.15, 0.2) is 0 Å². The van der Waals surface area contributed by atoms with E-state index in [1.54, 1.807) is 6.20 Å². The fraction of sp³-hybridized carbons (Fsp3) is 0.500. The van der Waals surface area contributed by atoms with Gasteiger partial charge in [-0.25, -0.2) is 4.98 Å². The molecule has 0 bridgehead atoms. The summed E-state index contributed by atoms with van der Waals surface area (Å²) >= 11 is 1.17. The summed E-state index contributed by atoms with van der Waals surface area (Å²) in [6.07, 6.45) is 5.65. The van der Waals surface area contributed by atoms with E-state index in [0.29, 0.717) is 17.3 Å². The fourth-order valence-electron chi connectivity index (χ4n) is 2.46. The van der Waals surface area contributed by atoms with E-state index in [2.05, 4.69) is 19.6 Å². The molecule has 1 saturated heterocycles. The zero-order chi connectivity index (χ0) is 13.2. The number of hydrogen-bond acceptors (Lipinski definition) is 5. The van der Waals surface area contributed by atoms with Gasteiger partial charge in [-0.1, -0.05) is 4.49 Å². The number of imidazole rings is 1. The van der Waals surface area contributed by atoms with Crippen molar-refractivity contribution in [2.24, 2.45) is 0 Å². The molecule has 1 N–H and O–H groups in total. The summed E-state index contributed by atoms with van der Waals surface area (Å²) in [5, 5.41) is 3.90. The predicted octanol–water partition coefficient (Wildman–Crippen LogP) is 1.59. The van der Waals surface area contributed by atoms with E-state index in [0.717, 1.165) is 30.9 Å². The van der Waals surface area contributed by atoms with Crippen molar-refractivity contribution < 1.29 is 4.79 Å². The smallest absolute Gasteiger partial charge is 0.267 e. The molecular weight excluding hydrogens is 262 g/mol. The summed E-state index contributed by atoms with van der Waals surface area (Å²) in [6.45, 7) is 3.34. The predicted molar refractivity (Wildman–Crippen MR) is 71.1 cm³/mol. The Bertz CT molecular complexity index is 564. The van der Waals surface area contributed by atoms with Crippen molar-refractivity contribution in [3.63, 3.8) is 0 Å². The van der Waals surface area contributed by atoms with Gasteiger partial charge < -0.3 is 9.88 Å². The molecule has 2 aromatic heterocycles. The van der Waals surface area contributed by atoms with Crippen LogP contribution in [0, 0.1) is 6.92 Å². The highest BCUT2D eigenvalue weighted by molar-refractivity contribution is 7.07. The lowest BCUT2D eigenvalue weighted by atomic mass is 9.97. The molecule has 0 spiro atoms. The van der Waals surface area contributed by atoms with Gasteiger partial charge in [0.25, 0.3) is 5.91 Å². The van der Waals surface area contributed by atoms with Crippen molar-refractivity contribution >= 4 is 17.4 Å². The SMILES string of the molecule is Cc1nnsc1C(=O)N1CCCC(c2ncc[nH]2)C1. The number of aromatic nitrogens is 4. The van der Waals surface area contributed by atoms with Crippen molar-refractivity contribution in [1.82, 2.24) is 24.5 Å². The maximum Gasteiger partial charge on any atom is 0.267 e. The molecule has 3 heterocycles. The summed E-state index contributed by atoms with van der Waals surface area (Å²) in [4.78, 5) is 22.4. The molecule has 100 valence electrons. The third-order valence-electron chi connectivity index (χ3n) is 3.46. The molecule has 0 radical (unpaired) electrons. The molecule has 2 aromatic rings. The van der Waals surface area contributed by atoms with Gasteiger partial charge in [-0.2, -0.15) is 0 Å². The van der Waals surface area contributed by atoms with Crippen LogP contribution in [0.25, 0.3) is 0 Å². The highest BCUT2D eigenvalue weighted by Gasteiger charge is 2.28. The van der Waals surface area contributed by atoms with Crippen molar-refractivity contribution in [3.8, 4) is 0 Å². The first kappa shape index (κ1) is 12.3. The van der Waals surface area contributed by atoms with E-state index in [1.165, 1.54) is 11.5 Å². The lowest BCUT2D eigenvalue weighted by molar-refractivity contribution is 0.0709. The number of piperidine rings is 1. The minimum Gasteiger partial charge on any atom is -0.348 e. The summed E-state index contributed by atoms with van der Waals surface area (Å²) in [6, 6.07) is 0. The Morgan fingerprint density at radius 3 is 3.16 bits per heavy atom. The number of aromatic amines is 1. The Kier molecular flexibility index (Phi) is 3.29. The minimum atomic E-state index is 0.0451. The highest BCUT2D eigenvalue weighted by atomic mass is 32.1. The molecule has 0 saturated carbocycles. The molecule has 0 aromatic carbocycles. The first-order valence-corrected chi connectivity index (χ1v) is 7.10. The Morgan fingerprint density at radius 2 is 2.47 bits per heavy atom. The van der Waals surface area contributed by atoms with Crippen LogP contribution in [0.1, 0.15) is 39.9 Å². The number of aryl methyl sites for hydroxylation is 1. The van der Waals surface area contributed by atoms with Crippen LogP contribution >= 0.6 is 11.5 Å². The normalized spacial score (nSPS) is 19.6. The number of rotatable bonds is 2. The molecule has 6 nitrogen and oxygen atoms in total. The second-order valence-corrected chi connectivity index (χ2v) is 5.51. The number of likely N-dealkylation sites (tertiary alicyclic amines) is 1. The van der Waals surface area contributed by atoms with Crippen molar-refractivity contribution in [1.29, 1.82) is 0 Å². The van der Waals surface area contributed by atoms with Crippen LogP contribution in [-0.4, -0.2) is 43.5 Å². The maximum absolute atomic E-state index is 12.4. The van der Waals surface area contributed by atoms with Crippen molar-refractivity contribution in [2.75, 3.05) is 13.1 Å². The summed E-state index contributed by atoms with van der Waals surface area (Å²) < 4.78 is 3.83. The van der Waals surface area contributed by atoms with Gasteiger partial charge in [-0.05, 0) is 31.3 Å². The van der Waals surface area contributed by atoms with Crippen LogP contribution in [0.15, 0.2) is 12.4 Å². The standard InChI is InChI=1S/C12H15N5OS/c1-8-10(19-16-15-8)12(18)17-6-2-3-9(7-17)11-13-4-5-14-11/h4-5,9H,2-3,6-7H2,1H3,(H,13,14). The quantitative estimate of drug-likeness (QED) is 0.904. The average molecular weight is 277 g/mol. The van der Waals surface area contributed by atoms with Gasteiger partial charge in [-0.3, -0.25) is 4.79 Å². The van der Waals surface area contributed by atoms with Crippen LogP contribution in [0.3, 0.4) is 0 Å². The van der Waals surface area contributed by atoms with E-state index < -0.39 is 0 Å². The number of hydrogen-bond donors (Lipinski definition) is 1. The molecular formula is C12H15N5OS. The van der Waals surface area contributed by atoms with Gasteiger partial charge in [0, 0.05) is 31.4 Å². The minimum absolute atomic E-state index is 0.0451. The van der Waals surface area contributed by atoms with Gasteiger partial charge in [0.2, 0.25) is 0 Å². The zero-order valence-electron chi connectivity index (χ0n) is 10.7. The molecule has 1 aliphatic heterocycles. The molecule has 7 heteroatoms. The summed E-state index contributed by atoms with van der Waals surface area (Å²) in [5.74, 6) is 1.31. The number of carbonyl (C=O) groups is 1. The first-order chi connectivity index (χ1) is 9.25. The monoisotopic (exact) mass is 277 g/mol. The molecule has 1 fully saturated rings. The van der Waals surface area contributed by atoms with Crippen molar-refractivity contribution in [2.45, 2.75) is 25.7 Å². The van der Waals surface area contributed by atoms with E-state index in [-0.39, 0.29) is 5.91 Å². The number of H-pyrrole nitrogens is 1. The highest BCUT2D eigenvalue weighted by Crippen LogP contribution is 2.26. The van der Waals surface area contributed by atoms with Crippen molar-refractivity contribution in [3.05, 3.63) is 28.8 Å². The van der Waals surface area contributed by atoms with E-state index in [4.69, 9.17) is 0 Å². The maximum atomic E-state index is 12.4. The number of nitrogens with zero attached hydrogens (tertiary/aromatic N) is 4. The van der Waals surface area contributed by atoms with Crippen LogP contribution < -0.4 is 0 Å². The average Bonchev–Trinajstić information content (AvgIpc) is 3.09. The largest absolute Gasteiger partial charge is 0.348 e. The lowest BCUT2D eigenvalue weighted by Gasteiger charge is -2.31. The van der Waals surface area contributed by atoms with Gasteiger partial charge in [0.1, 0.15) is 10.7 Å². The molecule has 1 amide bonds. The Morgan fingerprint density at radius 1 is 1.58 bits per heavy atom. The Labute approximate surface area is 115 Å². The Hall–Kier alpha value is -1.76. The second-order valence-electron chi connectivity index (χ2n) is 4.75. The van der Waals surface area contributed by atoms with E-state index >= 15 is 0 Å². The molecule has 1 atom stereocenters. The Balaban J connectivity index is 1.75. The number of amides is 1. The van der Waals surface area contributed by atoms with Crippen LogP contribution in [-0.2, 0) is 0 Å². The third-order valence-corrected chi connectivity index (χ3v) is 4.28. The third kappa shape index (κ3) is 2.37. The summed E-state index contributed by atoms with van der Waals surface area (Å²) in [7, 11) is 0. The van der Waals surface area contributed by atoms with Gasteiger partial charge in [-0.15, -0.1) is 5.10 Å². The molecule has 1 unspecified atom stereocenters. The van der Waals surface area contributed by atoms with Crippen LogP contribution in [0.2, 0.25) is 0 Å². The number of carbonyl (C=O) groups excluding carboxylic acids is 1. The first-order valence-electron chi connectivity index (χ1n) is 6.33. The van der Waals surface area contributed by atoms with Crippen LogP contribution in [0.5, 0.6) is 0 Å². The molecule has 1 aliphatic rings. The zero-order valence-corrected chi connectivity index (χ0v) is 11.5. The second kappa shape index (κ2) is 5.08. The van der Waals surface area contributed by atoms with Crippen LogP contribution in [0.4, 0.5) is 0 Å². The molecule has 3 rings (SSSR count). The fourth-order valence-corrected chi connectivity index (χ4v) is 3.08. The van der Waals surface area contributed by atoms with E-state index in [1.807, 2.05) is 18.0 Å². The summed E-state index contributed by atoms with van der Waals surface area (Å²) in [5.41, 5.74) is 0.718.